The molecule has 6 heteroatoms. The van der Waals surface area contributed by atoms with Gasteiger partial charge < -0.3 is 9.84 Å². The van der Waals surface area contributed by atoms with E-state index >= 15 is 0 Å². The van der Waals surface area contributed by atoms with Crippen molar-refractivity contribution >= 4 is 0 Å². The molecule has 6 nitrogen and oxygen atoms in total. The maximum atomic E-state index is 11.7. The highest BCUT2D eigenvalue weighted by atomic mass is 16.5. The molecule has 0 saturated heterocycles. The Morgan fingerprint density at radius 3 is 2.89 bits per heavy atom. The third-order valence-electron chi connectivity index (χ3n) is 2.73. The molecule has 1 aliphatic heterocycles. The van der Waals surface area contributed by atoms with Crippen molar-refractivity contribution in [2.24, 2.45) is 0 Å². The van der Waals surface area contributed by atoms with Crippen molar-refractivity contribution in [3.63, 3.8) is 0 Å². The van der Waals surface area contributed by atoms with Gasteiger partial charge in [-0.25, -0.2) is 4.79 Å². The van der Waals surface area contributed by atoms with Crippen molar-refractivity contribution in [3.05, 3.63) is 44.2 Å². The molecule has 0 saturated carbocycles. The summed E-state index contributed by atoms with van der Waals surface area (Å²) in [4.78, 5) is 25.1. The number of aryl methyl sites for hydroxylation is 1. The molecule has 2 N–H and O–H groups in total. The fourth-order valence-electron chi connectivity index (χ4n) is 1.75. The lowest BCUT2D eigenvalue weighted by Crippen LogP contribution is -2.33. The lowest BCUT2D eigenvalue weighted by molar-refractivity contribution is -0.0126. The lowest BCUT2D eigenvalue weighted by atomic mass is 10.2. The van der Waals surface area contributed by atoms with Crippen molar-refractivity contribution < 1.29 is 9.84 Å². The number of ether oxygens (including phenoxy) is 1. The normalized spacial score (nSPS) is 22.6. The van der Waals surface area contributed by atoms with Gasteiger partial charge in [-0.1, -0.05) is 5.92 Å². The summed E-state index contributed by atoms with van der Waals surface area (Å²) in [5.41, 5.74) is -0.143. The van der Waals surface area contributed by atoms with Gasteiger partial charge in [0.2, 0.25) is 0 Å². The number of H-pyrrole nitrogens is 1. The second-order valence-electron chi connectivity index (χ2n) is 3.94. The SMILES string of the molecule is C#CC1=CC(n2cc(C)c(=O)[nH]c2=O)OC1CO. The zero-order valence-electron chi connectivity index (χ0n) is 9.71. The van der Waals surface area contributed by atoms with Gasteiger partial charge in [0.15, 0.2) is 6.23 Å². The van der Waals surface area contributed by atoms with Crippen LogP contribution in [-0.4, -0.2) is 27.4 Å². The molecule has 0 bridgehead atoms. The number of rotatable bonds is 2. The molecule has 94 valence electrons. The van der Waals surface area contributed by atoms with Crippen LogP contribution in [0.5, 0.6) is 0 Å². The Labute approximate surface area is 103 Å². The molecule has 0 spiro atoms. The molecule has 0 aliphatic carbocycles. The number of nitrogens with zero attached hydrogens (tertiary/aromatic N) is 1. The van der Waals surface area contributed by atoms with E-state index in [0.29, 0.717) is 11.1 Å². The molecule has 2 atom stereocenters. The molecule has 0 amide bonds. The summed E-state index contributed by atoms with van der Waals surface area (Å²) in [5, 5.41) is 9.09. The van der Waals surface area contributed by atoms with Crippen LogP contribution >= 0.6 is 0 Å². The molecule has 0 radical (unpaired) electrons. The molecule has 1 aromatic heterocycles. The van der Waals surface area contributed by atoms with E-state index in [4.69, 9.17) is 16.3 Å². The lowest BCUT2D eigenvalue weighted by Gasteiger charge is -2.15. The average molecular weight is 248 g/mol. The highest BCUT2D eigenvalue weighted by Gasteiger charge is 2.27. The number of nitrogens with one attached hydrogen (secondary N) is 1. The fraction of sp³-hybridized carbons (Fsp3) is 0.333. The standard InChI is InChI=1S/C12H12N2O4/c1-3-8-4-10(18-9(8)6-15)14-5-7(2)11(16)13-12(14)17/h1,4-5,9-10,15H,6H2,2H3,(H,13,16,17). The summed E-state index contributed by atoms with van der Waals surface area (Å²) in [7, 11) is 0. The second kappa shape index (κ2) is 4.64. The Morgan fingerprint density at radius 2 is 2.33 bits per heavy atom. The first-order chi connectivity index (χ1) is 8.56. The van der Waals surface area contributed by atoms with Crippen LogP contribution in [-0.2, 0) is 4.74 Å². The van der Waals surface area contributed by atoms with Gasteiger partial charge in [-0.3, -0.25) is 14.3 Å². The average Bonchev–Trinajstić information content (AvgIpc) is 2.76. The summed E-state index contributed by atoms with van der Waals surface area (Å²) >= 11 is 0. The zero-order chi connectivity index (χ0) is 13.3. The van der Waals surface area contributed by atoms with Gasteiger partial charge in [0.05, 0.1) is 6.61 Å². The minimum absolute atomic E-state index is 0.260. The zero-order valence-corrected chi connectivity index (χ0v) is 9.71. The maximum Gasteiger partial charge on any atom is 0.330 e. The number of aromatic amines is 1. The van der Waals surface area contributed by atoms with Gasteiger partial charge >= 0.3 is 5.69 Å². The summed E-state index contributed by atoms with van der Waals surface area (Å²) < 4.78 is 6.66. The van der Waals surface area contributed by atoms with E-state index in [9.17, 15) is 9.59 Å². The Hall–Kier alpha value is -2.10. The van der Waals surface area contributed by atoms with Crippen LogP contribution in [0.25, 0.3) is 0 Å². The van der Waals surface area contributed by atoms with E-state index in [-0.39, 0.29) is 6.61 Å². The molecule has 0 aromatic carbocycles. The van der Waals surface area contributed by atoms with Gasteiger partial charge in [-0.2, -0.15) is 0 Å². The topological polar surface area (TPSA) is 84.3 Å². The van der Waals surface area contributed by atoms with Crippen LogP contribution in [0.2, 0.25) is 0 Å². The highest BCUT2D eigenvalue weighted by Crippen LogP contribution is 2.25. The largest absolute Gasteiger partial charge is 0.393 e. The number of terminal acetylenes is 1. The van der Waals surface area contributed by atoms with Crippen LogP contribution in [0.1, 0.15) is 11.8 Å². The van der Waals surface area contributed by atoms with E-state index in [1.807, 2.05) is 0 Å². The maximum absolute atomic E-state index is 11.7. The third-order valence-corrected chi connectivity index (χ3v) is 2.73. The van der Waals surface area contributed by atoms with Crippen molar-refractivity contribution in [1.82, 2.24) is 9.55 Å². The van der Waals surface area contributed by atoms with E-state index < -0.39 is 23.6 Å². The molecule has 2 heterocycles. The summed E-state index contributed by atoms with van der Waals surface area (Å²) in [6.07, 6.45) is 6.92. The van der Waals surface area contributed by atoms with E-state index in [1.54, 1.807) is 13.0 Å². The molecule has 0 fully saturated rings. The number of aliphatic hydroxyl groups excluding tert-OH is 1. The first-order valence-corrected chi connectivity index (χ1v) is 5.33. The number of aliphatic hydroxyl groups is 1. The Balaban J connectivity index is 2.44. The first kappa shape index (κ1) is 12.4. The first-order valence-electron chi connectivity index (χ1n) is 5.33. The van der Waals surface area contributed by atoms with E-state index in [0.717, 1.165) is 0 Å². The minimum Gasteiger partial charge on any atom is -0.393 e. The monoisotopic (exact) mass is 248 g/mol. The Kier molecular flexibility index (Phi) is 3.19. The van der Waals surface area contributed by atoms with Gasteiger partial charge in [0.1, 0.15) is 6.10 Å². The number of aromatic nitrogens is 2. The van der Waals surface area contributed by atoms with Crippen molar-refractivity contribution in [2.45, 2.75) is 19.3 Å². The third kappa shape index (κ3) is 2.01. The Morgan fingerprint density at radius 1 is 1.61 bits per heavy atom. The van der Waals surface area contributed by atoms with Crippen LogP contribution in [0, 0.1) is 19.3 Å². The predicted molar refractivity (Wildman–Crippen MR) is 64.0 cm³/mol. The molecular formula is C12H12N2O4. The van der Waals surface area contributed by atoms with Crippen molar-refractivity contribution in [3.8, 4) is 12.3 Å². The highest BCUT2D eigenvalue weighted by molar-refractivity contribution is 5.33. The van der Waals surface area contributed by atoms with Gasteiger partial charge in [0, 0.05) is 17.3 Å². The quantitative estimate of drug-likeness (QED) is 0.677. The van der Waals surface area contributed by atoms with E-state index in [1.165, 1.54) is 10.8 Å². The minimum atomic E-state index is -0.712. The van der Waals surface area contributed by atoms with Crippen molar-refractivity contribution in [2.75, 3.05) is 6.61 Å². The van der Waals surface area contributed by atoms with Crippen LogP contribution < -0.4 is 11.2 Å². The number of hydrogen-bond acceptors (Lipinski definition) is 4. The molecule has 2 rings (SSSR count). The summed E-state index contributed by atoms with van der Waals surface area (Å²) in [6, 6.07) is 0. The summed E-state index contributed by atoms with van der Waals surface area (Å²) in [6.45, 7) is 1.32. The number of hydrogen-bond donors (Lipinski definition) is 2. The van der Waals surface area contributed by atoms with Crippen molar-refractivity contribution in [1.29, 1.82) is 0 Å². The second-order valence-corrected chi connectivity index (χ2v) is 3.94. The van der Waals surface area contributed by atoms with Crippen LogP contribution in [0.4, 0.5) is 0 Å². The molecule has 1 aliphatic rings. The van der Waals surface area contributed by atoms with Gasteiger partial charge in [-0.05, 0) is 13.0 Å². The predicted octanol–water partition coefficient (Wildman–Crippen LogP) is -0.706. The van der Waals surface area contributed by atoms with Gasteiger partial charge in [0.25, 0.3) is 5.56 Å². The molecule has 1 aromatic rings. The van der Waals surface area contributed by atoms with Gasteiger partial charge in [-0.15, -0.1) is 6.42 Å². The molecular weight excluding hydrogens is 236 g/mol. The summed E-state index contributed by atoms with van der Waals surface area (Å²) in [5.74, 6) is 2.40. The van der Waals surface area contributed by atoms with E-state index in [2.05, 4.69) is 10.9 Å². The van der Waals surface area contributed by atoms with Crippen LogP contribution in [0.3, 0.4) is 0 Å². The molecule has 2 unspecified atom stereocenters. The smallest absolute Gasteiger partial charge is 0.330 e. The van der Waals surface area contributed by atoms with Crippen LogP contribution in [0.15, 0.2) is 27.4 Å². The molecule has 18 heavy (non-hydrogen) atoms. The fourth-order valence-corrected chi connectivity index (χ4v) is 1.75. The Bertz CT molecular complexity index is 647.